The van der Waals surface area contributed by atoms with E-state index in [4.69, 9.17) is 5.11 Å². The van der Waals surface area contributed by atoms with E-state index in [2.05, 4.69) is 21.8 Å². The number of nitrogens with two attached hydrogens (primary N) is 1. The first-order chi connectivity index (χ1) is 4.27. The average molecular weight is 150 g/mol. The molecule has 0 aromatic heterocycles. The Bertz CT molecular complexity index is 114. The third-order valence-corrected chi connectivity index (χ3v) is 0.481. The van der Waals surface area contributed by atoms with E-state index in [1.807, 2.05) is 0 Å². The molecule has 0 atom stereocenters. The van der Waals surface area contributed by atoms with Crippen LogP contribution in [0.1, 0.15) is 0 Å². The van der Waals surface area contributed by atoms with E-state index in [1.54, 1.807) is 0 Å². The van der Waals surface area contributed by atoms with Crippen molar-refractivity contribution in [1.82, 2.24) is 10.9 Å². The smallest absolute Gasteiger partial charge is 0.319 e. The molecule has 0 aromatic carbocycles. The van der Waals surface area contributed by atoms with E-state index < -0.39 is 5.97 Å². The summed E-state index contributed by atoms with van der Waals surface area (Å²) in [7, 11) is 0. The van der Waals surface area contributed by atoms with Gasteiger partial charge in [-0.2, -0.15) is 5.10 Å². The Labute approximate surface area is 57.2 Å². The van der Waals surface area contributed by atoms with Gasteiger partial charge in [-0.25, -0.2) is 5.43 Å². The van der Waals surface area contributed by atoms with Crippen molar-refractivity contribution >= 4 is 12.3 Å². The van der Waals surface area contributed by atoms with Crippen LogP contribution in [-0.2, 0) is 4.79 Å². The molecule has 10 heavy (non-hydrogen) atoms. The average Bonchev–Trinajstić information content (AvgIpc) is 1.80. The molecule has 7 heteroatoms. The highest BCUT2D eigenvalue weighted by Crippen LogP contribution is 1.52. The molecule has 0 aliphatic heterocycles. The van der Waals surface area contributed by atoms with Crippen molar-refractivity contribution in [3.8, 4) is 0 Å². The first-order valence-corrected chi connectivity index (χ1v) is 2.19. The molecule has 60 valence electrons. The van der Waals surface area contributed by atoms with Gasteiger partial charge in [-0.3, -0.25) is 4.79 Å². The number of nitrogens with zero attached hydrogens (tertiary/aromatic N) is 1. The molecule has 0 saturated carbocycles. The van der Waals surface area contributed by atoms with E-state index in [0.717, 1.165) is 6.34 Å². The lowest BCUT2D eigenvalue weighted by Gasteiger charge is -1.95. The van der Waals surface area contributed by atoms with E-state index >= 15 is 0 Å². The minimum Gasteiger partial charge on any atom is -0.480 e. The minimum absolute atomic E-state index is 0. The molecule has 7 N–H and O–H groups in total. The Morgan fingerprint density at radius 3 is 2.80 bits per heavy atom. The standard InChI is InChI=1S/C3H8N4O2.H2O/c4-5-2-7-6-1-3(8)9;/h2,6H,1,4H2,(H,5,7)(H,8,9);1H2. The van der Waals surface area contributed by atoms with Crippen molar-refractivity contribution in [2.24, 2.45) is 10.9 Å². The molecule has 0 amide bonds. The molecule has 0 heterocycles. The topological polar surface area (TPSA) is 131 Å². The van der Waals surface area contributed by atoms with Crippen LogP contribution in [0.25, 0.3) is 0 Å². The van der Waals surface area contributed by atoms with Gasteiger partial charge in [0, 0.05) is 0 Å². The maximum atomic E-state index is 9.78. The Morgan fingerprint density at radius 2 is 2.40 bits per heavy atom. The molecule has 0 rings (SSSR count). The first-order valence-electron chi connectivity index (χ1n) is 2.19. The van der Waals surface area contributed by atoms with Crippen LogP contribution in [-0.4, -0.2) is 29.4 Å². The third kappa shape index (κ3) is 9.83. The van der Waals surface area contributed by atoms with Crippen LogP contribution in [0.3, 0.4) is 0 Å². The van der Waals surface area contributed by atoms with E-state index in [1.165, 1.54) is 0 Å². The van der Waals surface area contributed by atoms with Crippen molar-refractivity contribution in [2.75, 3.05) is 6.54 Å². The highest BCUT2D eigenvalue weighted by molar-refractivity contribution is 5.69. The second-order valence-electron chi connectivity index (χ2n) is 1.17. The lowest BCUT2D eigenvalue weighted by atomic mass is 10.7. The molecule has 0 bridgehead atoms. The van der Waals surface area contributed by atoms with Gasteiger partial charge in [-0.05, 0) is 0 Å². The number of hydrogen-bond acceptors (Lipinski definition) is 4. The summed E-state index contributed by atoms with van der Waals surface area (Å²) in [5, 5.41) is 11.1. The minimum atomic E-state index is -0.951. The van der Waals surface area contributed by atoms with E-state index in [0.29, 0.717) is 0 Å². The maximum Gasteiger partial charge on any atom is 0.319 e. The number of hydrazine groups is 1. The number of rotatable bonds is 4. The van der Waals surface area contributed by atoms with E-state index in [9.17, 15) is 4.79 Å². The Hall–Kier alpha value is -1.34. The van der Waals surface area contributed by atoms with Gasteiger partial charge in [-0.15, -0.1) is 0 Å². The molecular weight excluding hydrogens is 140 g/mol. The van der Waals surface area contributed by atoms with Gasteiger partial charge in [0.25, 0.3) is 0 Å². The monoisotopic (exact) mass is 150 g/mol. The van der Waals surface area contributed by atoms with Crippen LogP contribution in [0.2, 0.25) is 0 Å². The predicted octanol–water partition coefficient (Wildman–Crippen LogP) is -2.76. The summed E-state index contributed by atoms with van der Waals surface area (Å²) >= 11 is 0. The van der Waals surface area contributed by atoms with Crippen LogP contribution >= 0.6 is 0 Å². The number of hydrazone groups is 1. The van der Waals surface area contributed by atoms with Gasteiger partial charge < -0.3 is 21.9 Å². The zero-order chi connectivity index (χ0) is 7.11. The number of carboxylic acids is 1. The summed E-state index contributed by atoms with van der Waals surface area (Å²) in [5.41, 5.74) is 4.63. The summed E-state index contributed by atoms with van der Waals surface area (Å²) in [4.78, 5) is 9.78. The summed E-state index contributed by atoms with van der Waals surface area (Å²) in [6, 6.07) is 0. The fourth-order valence-corrected chi connectivity index (χ4v) is 0.210. The lowest BCUT2D eigenvalue weighted by molar-refractivity contribution is -0.136. The summed E-state index contributed by atoms with van der Waals surface area (Å²) in [6.07, 6.45) is 1.14. The number of carbonyl (C=O) groups is 1. The van der Waals surface area contributed by atoms with Gasteiger partial charge in [0.2, 0.25) is 0 Å². The van der Waals surface area contributed by atoms with Crippen LogP contribution in [0.4, 0.5) is 0 Å². The number of hydrogen-bond donors (Lipinski definition) is 4. The molecule has 0 aliphatic rings. The Balaban J connectivity index is 0. The molecule has 0 saturated heterocycles. The van der Waals surface area contributed by atoms with Crippen molar-refractivity contribution in [1.29, 1.82) is 0 Å². The number of aliphatic carboxylic acids is 1. The van der Waals surface area contributed by atoms with Gasteiger partial charge in [-0.1, -0.05) is 0 Å². The Morgan fingerprint density at radius 1 is 1.80 bits per heavy atom. The molecule has 0 aliphatic carbocycles. The number of nitrogens with one attached hydrogen (secondary N) is 2. The quantitative estimate of drug-likeness (QED) is 0.113. The van der Waals surface area contributed by atoms with Crippen molar-refractivity contribution in [3.05, 3.63) is 0 Å². The van der Waals surface area contributed by atoms with Crippen LogP contribution in [0.5, 0.6) is 0 Å². The van der Waals surface area contributed by atoms with Gasteiger partial charge >= 0.3 is 5.97 Å². The van der Waals surface area contributed by atoms with Gasteiger partial charge in [0.05, 0.1) is 0 Å². The highest BCUT2D eigenvalue weighted by Gasteiger charge is 1.89. The number of carboxylic acid groups (broad SMARTS) is 1. The van der Waals surface area contributed by atoms with Gasteiger partial charge in [0.1, 0.15) is 12.9 Å². The van der Waals surface area contributed by atoms with Gasteiger partial charge in [0.15, 0.2) is 0 Å². The summed E-state index contributed by atoms with van der Waals surface area (Å²) in [5.74, 6) is 3.71. The molecule has 7 nitrogen and oxygen atoms in total. The van der Waals surface area contributed by atoms with Crippen LogP contribution in [0, 0.1) is 0 Å². The molecule has 0 aromatic rings. The molecular formula is C3H10N4O3. The fraction of sp³-hybridized carbons (Fsp3) is 0.333. The zero-order valence-corrected chi connectivity index (χ0v) is 5.16. The molecule has 0 fully saturated rings. The second-order valence-corrected chi connectivity index (χ2v) is 1.17. The van der Waals surface area contributed by atoms with Crippen molar-refractivity contribution in [2.45, 2.75) is 0 Å². The highest BCUT2D eigenvalue weighted by atomic mass is 16.4. The summed E-state index contributed by atoms with van der Waals surface area (Å²) < 4.78 is 0. The normalized spacial score (nSPS) is 8.80. The van der Waals surface area contributed by atoms with Crippen molar-refractivity contribution in [3.63, 3.8) is 0 Å². The first kappa shape index (κ1) is 11.5. The molecule has 0 radical (unpaired) electrons. The third-order valence-electron chi connectivity index (χ3n) is 0.481. The maximum absolute atomic E-state index is 9.78. The summed E-state index contributed by atoms with van der Waals surface area (Å²) in [6.45, 7) is -0.175. The largest absolute Gasteiger partial charge is 0.480 e. The molecule has 0 unspecified atom stereocenters. The zero-order valence-electron chi connectivity index (χ0n) is 5.16. The SMILES string of the molecule is NN=CNNCC(=O)O.O. The Kier molecular flexibility index (Phi) is 8.78. The molecule has 0 spiro atoms. The lowest BCUT2D eigenvalue weighted by Crippen LogP contribution is -2.35. The van der Waals surface area contributed by atoms with Crippen molar-refractivity contribution < 1.29 is 15.4 Å². The second kappa shape index (κ2) is 7.66. The fourth-order valence-electron chi connectivity index (χ4n) is 0.210. The van der Waals surface area contributed by atoms with Crippen LogP contribution in [0.15, 0.2) is 5.10 Å². The van der Waals surface area contributed by atoms with Crippen LogP contribution < -0.4 is 16.7 Å². The van der Waals surface area contributed by atoms with E-state index in [-0.39, 0.29) is 12.0 Å². The predicted molar refractivity (Wildman–Crippen MR) is 35.1 cm³/mol.